The Morgan fingerprint density at radius 1 is 1.03 bits per heavy atom. The fourth-order valence-corrected chi connectivity index (χ4v) is 4.08. The molecule has 0 radical (unpaired) electrons. The maximum absolute atomic E-state index is 15.0. The summed E-state index contributed by atoms with van der Waals surface area (Å²) in [6, 6.07) is 3.41. The summed E-state index contributed by atoms with van der Waals surface area (Å²) < 4.78 is 42.2. The first-order valence-electron chi connectivity index (χ1n) is 9.84. The summed E-state index contributed by atoms with van der Waals surface area (Å²) in [5.74, 6) is -0.182. The van der Waals surface area contributed by atoms with Crippen LogP contribution in [0.2, 0.25) is 0 Å². The summed E-state index contributed by atoms with van der Waals surface area (Å²) in [6.07, 6.45) is 5.11. The van der Waals surface area contributed by atoms with Crippen molar-refractivity contribution in [3.63, 3.8) is 0 Å². The first kappa shape index (κ1) is 20.6. The summed E-state index contributed by atoms with van der Waals surface area (Å²) >= 11 is 0. The fraction of sp³-hybridized carbons (Fsp3) is 0.182. The van der Waals surface area contributed by atoms with Crippen LogP contribution >= 0.6 is 0 Å². The van der Waals surface area contributed by atoms with Gasteiger partial charge in [0.05, 0.1) is 61.3 Å². The fourth-order valence-electron chi connectivity index (χ4n) is 4.08. The van der Waals surface area contributed by atoms with Crippen LogP contribution in [0, 0.1) is 12.7 Å². The van der Waals surface area contributed by atoms with Crippen molar-refractivity contribution in [1.29, 1.82) is 0 Å². The van der Waals surface area contributed by atoms with Gasteiger partial charge in [-0.1, -0.05) is 4.48 Å². The first-order valence-corrected chi connectivity index (χ1v) is 9.84. The molecule has 4 aromatic heterocycles. The highest BCUT2D eigenvalue weighted by molar-refractivity contribution is 6.06. The monoisotopic (exact) mass is 452 g/mol. The highest BCUT2D eigenvalue weighted by Crippen LogP contribution is 2.38. The molecule has 0 fully saturated rings. The van der Waals surface area contributed by atoms with Crippen LogP contribution in [0.25, 0.3) is 38.8 Å². The van der Waals surface area contributed by atoms with Crippen molar-refractivity contribution in [2.45, 2.75) is 6.92 Å². The number of aryl methyl sites for hydroxylation is 2. The highest BCUT2D eigenvalue weighted by atomic mass is 19.2. The summed E-state index contributed by atoms with van der Waals surface area (Å²) in [5.41, 5.74) is 2.32. The normalized spacial score (nSPS) is 11.5. The average Bonchev–Trinajstić information content (AvgIpc) is 3.27. The molecule has 0 aliphatic carbocycles. The van der Waals surface area contributed by atoms with Gasteiger partial charge in [0, 0.05) is 29.6 Å². The van der Waals surface area contributed by atoms with Crippen molar-refractivity contribution < 1.29 is 18.3 Å². The van der Waals surface area contributed by atoms with Crippen LogP contribution in [-0.4, -0.2) is 43.3 Å². The molecule has 5 rings (SSSR count). The Morgan fingerprint density at radius 3 is 2.45 bits per heavy atom. The van der Waals surface area contributed by atoms with Gasteiger partial charge in [-0.2, -0.15) is 0 Å². The molecule has 0 bridgehead atoms. The Balaban J connectivity index is 1.97. The van der Waals surface area contributed by atoms with Gasteiger partial charge in [0.25, 0.3) is 0 Å². The molecule has 0 spiro atoms. The van der Waals surface area contributed by atoms with E-state index in [0.29, 0.717) is 44.5 Å². The van der Waals surface area contributed by atoms with Gasteiger partial charge in [0.1, 0.15) is 11.4 Å². The molecule has 33 heavy (non-hydrogen) atoms. The molecule has 168 valence electrons. The second-order valence-electron chi connectivity index (χ2n) is 7.43. The van der Waals surface area contributed by atoms with Crippen molar-refractivity contribution in [2.24, 2.45) is 7.05 Å². The second-order valence-corrected chi connectivity index (χ2v) is 7.43. The Kier molecular flexibility index (Phi) is 4.62. The SMILES string of the molecule is COc1cc2ncc3c(c2cc1-c1cn(F)nc1C)n(-c1c(F)cncc1OC)c(=O)n3C. The molecular weight excluding hydrogens is 434 g/mol. The molecular formula is C22H18F2N6O3. The number of aromatic nitrogens is 6. The van der Waals surface area contributed by atoms with E-state index >= 15 is 0 Å². The van der Waals surface area contributed by atoms with Crippen molar-refractivity contribution in [3.05, 3.63) is 58.9 Å². The molecule has 0 saturated carbocycles. The third-order valence-corrected chi connectivity index (χ3v) is 5.65. The number of rotatable bonds is 4. The standard InChI is InChI=1S/C22H18F2N6O3/c1-11-14(10-29(24)27-11)12-5-13-16(6-18(12)32-3)26-8-17-20(13)30(22(31)28(17)2)21-15(23)7-25-9-19(21)33-4/h5-10H,1-4H3. The van der Waals surface area contributed by atoms with Gasteiger partial charge in [-0.05, 0) is 13.0 Å². The molecule has 9 nitrogen and oxygen atoms in total. The molecule has 0 aliphatic rings. The minimum atomic E-state index is -0.725. The number of hydrogen-bond donors (Lipinski definition) is 0. The predicted molar refractivity (Wildman–Crippen MR) is 117 cm³/mol. The lowest BCUT2D eigenvalue weighted by molar-refractivity contribution is 0.315. The molecule has 0 unspecified atom stereocenters. The van der Waals surface area contributed by atoms with E-state index in [0.717, 1.165) is 6.20 Å². The topological polar surface area (TPSA) is 89.0 Å². The Hall–Kier alpha value is -4.28. The smallest absolute Gasteiger partial charge is 0.333 e. The lowest BCUT2D eigenvalue weighted by atomic mass is 10.0. The van der Waals surface area contributed by atoms with E-state index in [1.54, 1.807) is 26.1 Å². The van der Waals surface area contributed by atoms with Crippen molar-refractivity contribution >= 4 is 21.9 Å². The second kappa shape index (κ2) is 7.40. The van der Waals surface area contributed by atoms with Gasteiger partial charge in [0.2, 0.25) is 0 Å². The Bertz CT molecular complexity index is 1620. The average molecular weight is 452 g/mol. The van der Waals surface area contributed by atoms with Gasteiger partial charge in [-0.25, -0.2) is 9.18 Å². The zero-order valence-electron chi connectivity index (χ0n) is 18.1. The Morgan fingerprint density at radius 2 is 1.79 bits per heavy atom. The van der Waals surface area contributed by atoms with Crippen molar-refractivity contribution in [3.8, 4) is 28.3 Å². The lowest BCUT2D eigenvalue weighted by Crippen LogP contribution is -2.22. The number of pyridine rings is 2. The zero-order valence-corrected chi connectivity index (χ0v) is 18.1. The molecule has 0 atom stereocenters. The number of imidazole rings is 1. The minimum absolute atomic E-state index is 0.0688. The maximum atomic E-state index is 15.0. The van der Waals surface area contributed by atoms with Crippen LogP contribution in [0.5, 0.6) is 11.5 Å². The summed E-state index contributed by atoms with van der Waals surface area (Å²) in [4.78, 5) is 21.8. The number of ether oxygens (including phenoxy) is 2. The van der Waals surface area contributed by atoms with E-state index in [1.807, 2.05) is 0 Å². The quantitative estimate of drug-likeness (QED) is 0.416. The van der Waals surface area contributed by atoms with Crippen LogP contribution < -0.4 is 15.2 Å². The van der Waals surface area contributed by atoms with Crippen LogP contribution in [0.3, 0.4) is 0 Å². The summed E-state index contributed by atoms with van der Waals surface area (Å²) in [5, 5.41) is 4.30. The molecule has 0 aliphatic heterocycles. The molecule has 4 heterocycles. The van der Waals surface area contributed by atoms with Gasteiger partial charge in [-0.3, -0.25) is 19.1 Å². The number of benzene rings is 1. The van der Waals surface area contributed by atoms with Crippen LogP contribution in [0.15, 0.2) is 41.7 Å². The van der Waals surface area contributed by atoms with E-state index in [1.165, 1.54) is 41.9 Å². The number of fused-ring (bicyclic) bond motifs is 3. The van der Waals surface area contributed by atoms with Gasteiger partial charge >= 0.3 is 5.69 Å². The van der Waals surface area contributed by atoms with Crippen molar-refractivity contribution in [2.75, 3.05) is 14.2 Å². The van der Waals surface area contributed by atoms with Crippen LogP contribution in [-0.2, 0) is 7.05 Å². The number of methoxy groups -OCH3 is 2. The predicted octanol–water partition coefficient (Wildman–Crippen LogP) is 3.33. The maximum Gasteiger partial charge on any atom is 0.333 e. The lowest BCUT2D eigenvalue weighted by Gasteiger charge is -2.13. The molecule has 5 aromatic rings. The molecule has 0 amide bonds. The van der Waals surface area contributed by atoms with E-state index in [-0.39, 0.29) is 16.3 Å². The third-order valence-electron chi connectivity index (χ3n) is 5.65. The number of nitrogens with zero attached hydrogens (tertiary/aromatic N) is 6. The van der Waals surface area contributed by atoms with E-state index in [4.69, 9.17) is 9.47 Å². The summed E-state index contributed by atoms with van der Waals surface area (Å²) in [6.45, 7) is 1.67. The molecule has 0 saturated heterocycles. The van der Waals surface area contributed by atoms with E-state index in [9.17, 15) is 13.7 Å². The largest absolute Gasteiger partial charge is 0.496 e. The number of hydrogen-bond acceptors (Lipinski definition) is 6. The molecule has 0 N–H and O–H groups in total. The van der Waals surface area contributed by atoms with Crippen LogP contribution in [0.4, 0.5) is 8.87 Å². The van der Waals surface area contributed by atoms with Crippen molar-refractivity contribution in [1.82, 2.24) is 29.1 Å². The summed E-state index contributed by atoms with van der Waals surface area (Å²) in [7, 11) is 4.44. The van der Waals surface area contributed by atoms with Gasteiger partial charge < -0.3 is 9.47 Å². The Labute approximate surface area is 185 Å². The van der Waals surface area contributed by atoms with Crippen LogP contribution in [0.1, 0.15) is 5.69 Å². The minimum Gasteiger partial charge on any atom is -0.496 e. The number of halogens is 2. The first-order chi connectivity index (χ1) is 15.8. The zero-order chi connectivity index (χ0) is 23.4. The molecule has 11 heteroatoms. The van der Waals surface area contributed by atoms with Gasteiger partial charge in [0.15, 0.2) is 11.6 Å². The third kappa shape index (κ3) is 2.96. The molecule has 1 aromatic carbocycles. The van der Waals surface area contributed by atoms with E-state index in [2.05, 4.69) is 15.1 Å². The van der Waals surface area contributed by atoms with Gasteiger partial charge in [-0.15, -0.1) is 10.0 Å². The van der Waals surface area contributed by atoms with E-state index < -0.39 is 11.5 Å². The highest BCUT2D eigenvalue weighted by Gasteiger charge is 2.23.